The maximum Gasteiger partial charge on any atom is 0.126 e. The van der Waals surface area contributed by atoms with E-state index < -0.39 is 0 Å². The zero-order chi connectivity index (χ0) is 13.8. The molecule has 0 saturated carbocycles. The van der Waals surface area contributed by atoms with Gasteiger partial charge in [-0.15, -0.1) is 0 Å². The van der Waals surface area contributed by atoms with Crippen LogP contribution in [0.5, 0.6) is 0 Å². The van der Waals surface area contributed by atoms with Gasteiger partial charge in [0.25, 0.3) is 0 Å². The summed E-state index contributed by atoms with van der Waals surface area (Å²) in [4.78, 5) is 0. The summed E-state index contributed by atoms with van der Waals surface area (Å²) in [7, 11) is 0. The second kappa shape index (κ2) is 5.74. The second-order valence-electron chi connectivity index (χ2n) is 4.85. The Kier molecular flexibility index (Phi) is 4.05. The number of aryl methyl sites for hydroxylation is 2. The van der Waals surface area contributed by atoms with Crippen molar-refractivity contribution in [1.82, 2.24) is 0 Å². The van der Waals surface area contributed by atoms with E-state index in [0.29, 0.717) is 5.56 Å². The monoisotopic (exact) mass is 258 g/mol. The molecule has 2 rings (SSSR count). The van der Waals surface area contributed by atoms with Crippen molar-refractivity contribution in [3.05, 3.63) is 58.9 Å². The van der Waals surface area contributed by atoms with Crippen molar-refractivity contribution in [2.24, 2.45) is 0 Å². The normalized spacial score (nSPS) is 10.5. The summed E-state index contributed by atoms with van der Waals surface area (Å²) >= 11 is 0. The summed E-state index contributed by atoms with van der Waals surface area (Å²) < 4.78 is 13.2. The number of rotatable bonds is 4. The Bertz CT molecular complexity index is 579. The molecule has 0 atom stereocenters. The Balaban J connectivity index is 1.96. The number of nitrogen functional groups attached to an aromatic ring is 1. The number of nitrogens with two attached hydrogens (primary N) is 1. The van der Waals surface area contributed by atoms with Crippen LogP contribution in [0.3, 0.4) is 0 Å². The Hall–Kier alpha value is -2.03. The molecule has 2 nitrogen and oxygen atoms in total. The van der Waals surface area contributed by atoms with Crippen molar-refractivity contribution in [3.8, 4) is 0 Å². The van der Waals surface area contributed by atoms with Crippen molar-refractivity contribution in [2.45, 2.75) is 20.3 Å². The van der Waals surface area contributed by atoms with E-state index in [0.717, 1.165) is 29.9 Å². The van der Waals surface area contributed by atoms with Gasteiger partial charge in [0.1, 0.15) is 5.82 Å². The number of hydrogen-bond acceptors (Lipinski definition) is 2. The fraction of sp³-hybridized carbons (Fsp3) is 0.250. The van der Waals surface area contributed by atoms with E-state index in [4.69, 9.17) is 5.73 Å². The molecule has 0 aliphatic heterocycles. The van der Waals surface area contributed by atoms with Gasteiger partial charge in [0.05, 0.1) is 11.4 Å². The first-order chi connectivity index (χ1) is 9.06. The average Bonchev–Trinajstić information content (AvgIpc) is 2.38. The van der Waals surface area contributed by atoms with Crippen molar-refractivity contribution >= 4 is 11.4 Å². The second-order valence-corrected chi connectivity index (χ2v) is 4.85. The van der Waals surface area contributed by atoms with Crippen molar-refractivity contribution in [1.29, 1.82) is 0 Å². The Morgan fingerprint density at radius 1 is 1.11 bits per heavy atom. The summed E-state index contributed by atoms with van der Waals surface area (Å²) in [5.74, 6) is -0.153. The predicted molar refractivity (Wildman–Crippen MR) is 78.9 cm³/mol. The largest absolute Gasteiger partial charge is 0.397 e. The third-order valence-corrected chi connectivity index (χ3v) is 3.16. The van der Waals surface area contributed by atoms with Crippen LogP contribution in [0.4, 0.5) is 15.8 Å². The first kappa shape index (κ1) is 13.4. The van der Waals surface area contributed by atoms with E-state index in [1.54, 1.807) is 6.92 Å². The van der Waals surface area contributed by atoms with E-state index >= 15 is 0 Å². The summed E-state index contributed by atoms with van der Waals surface area (Å²) in [6, 6.07) is 11.2. The molecule has 100 valence electrons. The number of halogens is 1. The molecular weight excluding hydrogens is 239 g/mol. The topological polar surface area (TPSA) is 38.0 Å². The summed E-state index contributed by atoms with van der Waals surface area (Å²) in [6.07, 6.45) is 0.842. The molecule has 0 amide bonds. The van der Waals surface area contributed by atoms with Gasteiger partial charge in [-0.2, -0.15) is 0 Å². The van der Waals surface area contributed by atoms with E-state index in [9.17, 15) is 4.39 Å². The molecule has 3 heteroatoms. The van der Waals surface area contributed by atoms with Crippen LogP contribution < -0.4 is 11.1 Å². The molecule has 0 aromatic heterocycles. The molecule has 0 radical (unpaired) electrons. The first-order valence-electron chi connectivity index (χ1n) is 6.41. The van der Waals surface area contributed by atoms with Crippen LogP contribution in [-0.4, -0.2) is 6.54 Å². The Labute approximate surface area is 113 Å². The van der Waals surface area contributed by atoms with Crippen molar-refractivity contribution in [3.63, 3.8) is 0 Å². The standard InChI is InChI=1S/C16H19FN2/c1-11-3-6-15(18)16(9-11)19-8-7-13-4-5-14(17)12(2)10-13/h3-6,9-10,19H,7-8,18H2,1-2H3. The van der Waals surface area contributed by atoms with E-state index in [-0.39, 0.29) is 5.82 Å². The highest BCUT2D eigenvalue weighted by atomic mass is 19.1. The molecule has 0 unspecified atom stereocenters. The summed E-state index contributed by atoms with van der Waals surface area (Å²) in [5.41, 5.74) is 10.6. The van der Waals surface area contributed by atoms with Crippen LogP contribution in [0.1, 0.15) is 16.7 Å². The average molecular weight is 258 g/mol. The van der Waals surface area contributed by atoms with E-state index in [2.05, 4.69) is 5.32 Å². The van der Waals surface area contributed by atoms with E-state index in [1.807, 2.05) is 37.3 Å². The number of anilines is 2. The van der Waals surface area contributed by atoms with Gasteiger partial charge in [-0.1, -0.05) is 18.2 Å². The minimum Gasteiger partial charge on any atom is -0.397 e. The highest BCUT2D eigenvalue weighted by Gasteiger charge is 2.01. The number of hydrogen-bond donors (Lipinski definition) is 2. The molecule has 0 aliphatic carbocycles. The molecule has 2 aromatic rings. The predicted octanol–water partition coefficient (Wildman–Crippen LogP) is 3.68. The van der Waals surface area contributed by atoms with Crippen LogP contribution in [0.25, 0.3) is 0 Å². The minimum atomic E-state index is -0.153. The van der Waals surface area contributed by atoms with Crippen molar-refractivity contribution in [2.75, 3.05) is 17.6 Å². The van der Waals surface area contributed by atoms with Crippen molar-refractivity contribution < 1.29 is 4.39 Å². The van der Waals surface area contributed by atoms with Gasteiger partial charge >= 0.3 is 0 Å². The molecule has 0 spiro atoms. The highest BCUT2D eigenvalue weighted by Crippen LogP contribution is 2.19. The quantitative estimate of drug-likeness (QED) is 0.821. The zero-order valence-corrected chi connectivity index (χ0v) is 11.3. The van der Waals surface area contributed by atoms with Crippen LogP contribution in [0, 0.1) is 19.7 Å². The fourth-order valence-electron chi connectivity index (χ4n) is 2.03. The molecule has 0 bridgehead atoms. The lowest BCUT2D eigenvalue weighted by atomic mass is 10.1. The highest BCUT2D eigenvalue weighted by molar-refractivity contribution is 5.66. The molecule has 3 N–H and O–H groups in total. The van der Waals surface area contributed by atoms with Gasteiger partial charge in [-0.25, -0.2) is 4.39 Å². The van der Waals surface area contributed by atoms with Crippen LogP contribution in [-0.2, 0) is 6.42 Å². The van der Waals surface area contributed by atoms with Gasteiger partial charge in [0.15, 0.2) is 0 Å². The molecule has 0 heterocycles. The van der Waals surface area contributed by atoms with Gasteiger partial charge in [-0.3, -0.25) is 0 Å². The molecular formula is C16H19FN2. The van der Waals surface area contributed by atoms with Crippen LogP contribution in [0.2, 0.25) is 0 Å². The lowest BCUT2D eigenvalue weighted by Gasteiger charge is -2.10. The Morgan fingerprint density at radius 3 is 2.63 bits per heavy atom. The zero-order valence-electron chi connectivity index (χ0n) is 11.3. The first-order valence-corrected chi connectivity index (χ1v) is 6.41. The van der Waals surface area contributed by atoms with Gasteiger partial charge in [-0.05, 0) is 55.2 Å². The minimum absolute atomic E-state index is 0.153. The fourth-order valence-corrected chi connectivity index (χ4v) is 2.03. The maximum absolute atomic E-state index is 13.2. The maximum atomic E-state index is 13.2. The van der Waals surface area contributed by atoms with Gasteiger partial charge < -0.3 is 11.1 Å². The summed E-state index contributed by atoms with van der Waals surface area (Å²) in [5, 5.41) is 3.32. The molecule has 19 heavy (non-hydrogen) atoms. The molecule has 0 fully saturated rings. The number of benzene rings is 2. The molecule has 0 aliphatic rings. The Morgan fingerprint density at radius 2 is 1.89 bits per heavy atom. The van der Waals surface area contributed by atoms with Gasteiger partial charge in [0.2, 0.25) is 0 Å². The lowest BCUT2D eigenvalue weighted by Crippen LogP contribution is -2.07. The van der Waals surface area contributed by atoms with E-state index in [1.165, 1.54) is 11.6 Å². The molecule has 0 saturated heterocycles. The third-order valence-electron chi connectivity index (χ3n) is 3.16. The molecule has 2 aromatic carbocycles. The van der Waals surface area contributed by atoms with Gasteiger partial charge in [0, 0.05) is 6.54 Å². The SMILES string of the molecule is Cc1ccc(N)c(NCCc2ccc(F)c(C)c2)c1. The summed E-state index contributed by atoms with van der Waals surface area (Å²) in [6.45, 7) is 4.59. The lowest BCUT2D eigenvalue weighted by molar-refractivity contribution is 0.617. The van der Waals surface area contributed by atoms with Crippen LogP contribution in [0.15, 0.2) is 36.4 Å². The number of nitrogens with one attached hydrogen (secondary N) is 1. The smallest absolute Gasteiger partial charge is 0.126 e. The van der Waals surface area contributed by atoms with Crippen LogP contribution >= 0.6 is 0 Å². The third kappa shape index (κ3) is 3.47.